The highest BCUT2D eigenvalue weighted by Crippen LogP contribution is 2.33. The maximum Gasteiger partial charge on any atom is 0.263 e. The van der Waals surface area contributed by atoms with Crippen LogP contribution in [0.4, 0.5) is 10.1 Å². The van der Waals surface area contributed by atoms with Crippen LogP contribution in [-0.2, 0) is 4.79 Å². The molecule has 1 heterocycles. The molecule has 106 valence electrons. The Morgan fingerprint density at radius 1 is 1.35 bits per heavy atom. The second-order valence-corrected chi connectivity index (χ2v) is 5.36. The number of halogens is 1. The van der Waals surface area contributed by atoms with E-state index in [-0.39, 0.29) is 18.0 Å². The zero-order valence-electron chi connectivity index (χ0n) is 10.6. The van der Waals surface area contributed by atoms with Crippen LogP contribution in [-0.4, -0.2) is 18.4 Å². The number of nitrogens with two attached hydrogens (primary N) is 2. The van der Waals surface area contributed by atoms with Crippen molar-refractivity contribution >= 4 is 38.9 Å². The molecule has 0 unspecified atom stereocenters. The molecule has 0 saturated heterocycles. The lowest BCUT2D eigenvalue weighted by atomic mass is 10.2. The number of hydrogen-bond donors (Lipinski definition) is 3. The molecule has 0 aliphatic carbocycles. The number of primary amides is 1. The minimum absolute atomic E-state index is 0.216. The van der Waals surface area contributed by atoms with Gasteiger partial charge in [-0.1, -0.05) is 0 Å². The molecule has 0 fully saturated rings. The van der Waals surface area contributed by atoms with Gasteiger partial charge in [-0.15, -0.1) is 11.3 Å². The first-order chi connectivity index (χ1) is 9.49. The summed E-state index contributed by atoms with van der Waals surface area (Å²) in [4.78, 5) is 22.9. The van der Waals surface area contributed by atoms with Gasteiger partial charge >= 0.3 is 0 Å². The largest absolute Gasteiger partial charge is 0.397 e. The van der Waals surface area contributed by atoms with Crippen molar-refractivity contribution in [1.29, 1.82) is 0 Å². The number of carbonyl (C=O) groups excluding carboxylic acids is 2. The molecule has 20 heavy (non-hydrogen) atoms. The van der Waals surface area contributed by atoms with Gasteiger partial charge in [0.25, 0.3) is 5.91 Å². The van der Waals surface area contributed by atoms with E-state index in [1.54, 1.807) is 6.07 Å². The normalized spacial score (nSPS) is 10.7. The van der Waals surface area contributed by atoms with Gasteiger partial charge in [0.1, 0.15) is 10.7 Å². The Kier molecular flexibility index (Phi) is 4.19. The predicted molar refractivity (Wildman–Crippen MR) is 77.0 cm³/mol. The van der Waals surface area contributed by atoms with E-state index in [9.17, 15) is 14.0 Å². The molecule has 0 spiro atoms. The van der Waals surface area contributed by atoms with Crippen molar-refractivity contribution < 1.29 is 14.0 Å². The maximum absolute atomic E-state index is 13.2. The molecule has 2 aromatic rings. The van der Waals surface area contributed by atoms with E-state index in [4.69, 9.17) is 11.5 Å². The Morgan fingerprint density at radius 3 is 2.80 bits per heavy atom. The summed E-state index contributed by atoms with van der Waals surface area (Å²) in [6, 6.07) is 4.23. The van der Waals surface area contributed by atoms with Crippen molar-refractivity contribution in [2.75, 3.05) is 12.3 Å². The van der Waals surface area contributed by atoms with Crippen LogP contribution in [0.25, 0.3) is 10.1 Å². The fourth-order valence-corrected chi connectivity index (χ4v) is 2.82. The van der Waals surface area contributed by atoms with Gasteiger partial charge in [0.05, 0.1) is 5.69 Å². The highest BCUT2D eigenvalue weighted by atomic mass is 32.1. The number of amides is 2. The van der Waals surface area contributed by atoms with E-state index in [0.29, 0.717) is 23.2 Å². The van der Waals surface area contributed by atoms with E-state index in [2.05, 4.69) is 5.32 Å². The first-order valence-electron chi connectivity index (χ1n) is 6.03. The lowest BCUT2D eigenvalue weighted by molar-refractivity contribution is -0.118. The van der Waals surface area contributed by atoms with Crippen molar-refractivity contribution in [2.45, 2.75) is 12.8 Å². The smallest absolute Gasteiger partial charge is 0.263 e. The molecule has 0 radical (unpaired) electrons. The molecule has 7 heteroatoms. The molecule has 0 atom stereocenters. The number of carbonyl (C=O) groups is 2. The number of nitrogens with one attached hydrogen (secondary N) is 1. The minimum atomic E-state index is -0.406. The number of hydrogen-bond acceptors (Lipinski definition) is 4. The van der Waals surface area contributed by atoms with Crippen LogP contribution in [0, 0.1) is 5.82 Å². The van der Waals surface area contributed by atoms with Crippen molar-refractivity contribution in [1.82, 2.24) is 5.32 Å². The highest BCUT2D eigenvalue weighted by molar-refractivity contribution is 7.21. The molecule has 0 aliphatic heterocycles. The molecular formula is C13H14FN3O2S. The summed E-state index contributed by atoms with van der Waals surface area (Å²) in [5.74, 6) is -1.12. The van der Waals surface area contributed by atoms with Gasteiger partial charge in [-0.3, -0.25) is 9.59 Å². The van der Waals surface area contributed by atoms with Crippen LogP contribution in [0.3, 0.4) is 0 Å². The summed E-state index contributed by atoms with van der Waals surface area (Å²) < 4.78 is 13.9. The zero-order chi connectivity index (χ0) is 14.7. The quantitative estimate of drug-likeness (QED) is 0.731. The van der Waals surface area contributed by atoms with E-state index in [1.165, 1.54) is 23.5 Å². The van der Waals surface area contributed by atoms with E-state index in [0.717, 1.165) is 4.70 Å². The minimum Gasteiger partial charge on any atom is -0.397 e. The highest BCUT2D eigenvalue weighted by Gasteiger charge is 2.16. The molecule has 1 aromatic heterocycles. The lowest BCUT2D eigenvalue weighted by Gasteiger charge is -2.03. The number of nitrogen functional groups attached to an aromatic ring is 1. The van der Waals surface area contributed by atoms with Gasteiger partial charge < -0.3 is 16.8 Å². The molecule has 1 aromatic carbocycles. The summed E-state index contributed by atoms with van der Waals surface area (Å²) in [7, 11) is 0. The third-order valence-corrected chi connectivity index (χ3v) is 3.97. The summed E-state index contributed by atoms with van der Waals surface area (Å²) in [6.45, 7) is 0.337. The number of anilines is 1. The van der Waals surface area contributed by atoms with Crippen LogP contribution in [0.5, 0.6) is 0 Å². The summed E-state index contributed by atoms with van der Waals surface area (Å²) in [5.41, 5.74) is 11.1. The van der Waals surface area contributed by atoms with Crippen LogP contribution >= 0.6 is 11.3 Å². The Labute approximate surface area is 118 Å². The third-order valence-electron chi connectivity index (χ3n) is 2.78. The second kappa shape index (κ2) is 5.87. The zero-order valence-corrected chi connectivity index (χ0v) is 11.4. The van der Waals surface area contributed by atoms with E-state index < -0.39 is 11.7 Å². The SMILES string of the molecule is NC(=O)CCCNC(=O)c1sc2ccc(F)cc2c1N. The van der Waals surface area contributed by atoms with Gasteiger partial charge in [-0.25, -0.2) is 4.39 Å². The fourth-order valence-electron chi connectivity index (χ4n) is 1.80. The average molecular weight is 295 g/mol. The van der Waals surface area contributed by atoms with Gasteiger partial charge in [-0.2, -0.15) is 0 Å². The Morgan fingerprint density at radius 2 is 2.10 bits per heavy atom. The second-order valence-electron chi connectivity index (χ2n) is 4.31. The number of benzene rings is 1. The topological polar surface area (TPSA) is 98.2 Å². The molecule has 2 amide bonds. The average Bonchev–Trinajstić information content (AvgIpc) is 2.72. The first kappa shape index (κ1) is 14.3. The number of thiophene rings is 1. The predicted octanol–water partition coefficient (Wildman–Crippen LogP) is 1.62. The number of fused-ring (bicyclic) bond motifs is 1. The fraction of sp³-hybridized carbons (Fsp3) is 0.231. The Hall–Kier alpha value is -2.15. The standard InChI is InChI=1S/C13H14FN3O2S/c14-7-3-4-9-8(6-7)11(16)12(20-9)13(19)17-5-1-2-10(15)18/h3-4,6H,1-2,5,16H2,(H2,15,18)(H,17,19). The monoisotopic (exact) mass is 295 g/mol. The van der Waals surface area contributed by atoms with Crippen LogP contribution in [0.15, 0.2) is 18.2 Å². The molecular weight excluding hydrogens is 281 g/mol. The molecule has 0 saturated carbocycles. The number of rotatable bonds is 5. The van der Waals surface area contributed by atoms with Gasteiger partial charge in [-0.05, 0) is 24.6 Å². The molecule has 2 rings (SSSR count). The lowest BCUT2D eigenvalue weighted by Crippen LogP contribution is -2.25. The summed E-state index contributed by atoms with van der Waals surface area (Å²) >= 11 is 1.21. The maximum atomic E-state index is 13.2. The molecule has 5 nitrogen and oxygen atoms in total. The first-order valence-corrected chi connectivity index (χ1v) is 6.84. The molecule has 5 N–H and O–H groups in total. The molecule has 0 aliphatic rings. The van der Waals surface area contributed by atoms with Crippen molar-refractivity contribution in [3.05, 3.63) is 28.9 Å². The molecule has 0 bridgehead atoms. The third kappa shape index (κ3) is 3.05. The van der Waals surface area contributed by atoms with Crippen molar-refractivity contribution in [3.8, 4) is 0 Å². The Bertz CT molecular complexity index is 669. The Balaban J connectivity index is 2.10. The van der Waals surface area contributed by atoms with Gasteiger partial charge in [0, 0.05) is 23.1 Å². The van der Waals surface area contributed by atoms with Crippen LogP contribution < -0.4 is 16.8 Å². The van der Waals surface area contributed by atoms with E-state index in [1.807, 2.05) is 0 Å². The van der Waals surface area contributed by atoms with Gasteiger partial charge in [0.2, 0.25) is 5.91 Å². The van der Waals surface area contributed by atoms with Crippen LogP contribution in [0.1, 0.15) is 22.5 Å². The summed E-state index contributed by atoms with van der Waals surface area (Å²) in [5, 5.41) is 3.20. The van der Waals surface area contributed by atoms with Crippen molar-refractivity contribution in [2.24, 2.45) is 5.73 Å². The van der Waals surface area contributed by atoms with Crippen molar-refractivity contribution in [3.63, 3.8) is 0 Å². The van der Waals surface area contributed by atoms with Gasteiger partial charge in [0.15, 0.2) is 0 Å². The van der Waals surface area contributed by atoms with Crippen LogP contribution in [0.2, 0.25) is 0 Å². The summed E-state index contributed by atoms with van der Waals surface area (Å²) in [6.07, 6.45) is 0.688. The van der Waals surface area contributed by atoms with E-state index >= 15 is 0 Å².